The van der Waals surface area contributed by atoms with E-state index in [2.05, 4.69) is 5.32 Å². The molecule has 1 amide bonds. The van der Waals surface area contributed by atoms with Gasteiger partial charge in [-0.05, 0) is 30.5 Å². The molecule has 0 aliphatic carbocycles. The molecule has 104 valence electrons. The second-order valence-electron chi connectivity index (χ2n) is 4.25. The van der Waals surface area contributed by atoms with Gasteiger partial charge in [0, 0.05) is 13.0 Å². The highest BCUT2D eigenvalue weighted by molar-refractivity contribution is 5.82. The Bertz CT molecular complexity index is 431. The number of carbonyl (C=O) groups is 2. The predicted molar refractivity (Wildman–Crippen MR) is 69.7 cm³/mol. The van der Waals surface area contributed by atoms with Gasteiger partial charge >= 0.3 is 5.97 Å². The van der Waals surface area contributed by atoms with Gasteiger partial charge in [-0.25, -0.2) is 0 Å². The van der Waals surface area contributed by atoms with Gasteiger partial charge in [-0.1, -0.05) is 12.1 Å². The highest BCUT2D eigenvalue weighted by Crippen LogP contribution is 2.09. The van der Waals surface area contributed by atoms with Gasteiger partial charge in [-0.15, -0.1) is 0 Å². The van der Waals surface area contributed by atoms with Gasteiger partial charge < -0.3 is 21.3 Å². The molecule has 6 nitrogen and oxygen atoms in total. The SMILES string of the molecule is N[C@@H](CCC(=O)O)C(=O)NCCc1ccc(O)cc1. The molecular formula is C13H18N2O4. The molecule has 1 aromatic carbocycles. The number of carboxylic acid groups (broad SMARTS) is 1. The number of phenolic OH excluding ortho intramolecular Hbond substituents is 1. The van der Waals surface area contributed by atoms with Crippen LogP contribution in [0.5, 0.6) is 5.75 Å². The van der Waals surface area contributed by atoms with Gasteiger partial charge in [0.05, 0.1) is 6.04 Å². The van der Waals surface area contributed by atoms with Crippen molar-refractivity contribution in [3.63, 3.8) is 0 Å². The lowest BCUT2D eigenvalue weighted by atomic mass is 10.1. The lowest BCUT2D eigenvalue weighted by molar-refractivity contribution is -0.137. The van der Waals surface area contributed by atoms with E-state index >= 15 is 0 Å². The third-order valence-electron chi connectivity index (χ3n) is 2.66. The molecule has 0 aliphatic heterocycles. The first kappa shape index (κ1) is 15.0. The Kier molecular flexibility index (Phi) is 5.81. The summed E-state index contributed by atoms with van der Waals surface area (Å²) in [6, 6.07) is 5.90. The van der Waals surface area contributed by atoms with E-state index in [1.165, 1.54) is 0 Å². The van der Waals surface area contributed by atoms with Crippen molar-refractivity contribution in [2.45, 2.75) is 25.3 Å². The van der Waals surface area contributed by atoms with Crippen LogP contribution in [0.1, 0.15) is 18.4 Å². The lowest BCUT2D eigenvalue weighted by Crippen LogP contribution is -2.41. The molecule has 0 unspecified atom stereocenters. The highest BCUT2D eigenvalue weighted by atomic mass is 16.4. The minimum Gasteiger partial charge on any atom is -0.508 e. The van der Waals surface area contributed by atoms with Crippen molar-refractivity contribution in [2.24, 2.45) is 5.73 Å². The van der Waals surface area contributed by atoms with E-state index in [9.17, 15) is 9.59 Å². The smallest absolute Gasteiger partial charge is 0.303 e. The third-order valence-corrected chi connectivity index (χ3v) is 2.66. The fourth-order valence-corrected chi connectivity index (χ4v) is 1.53. The molecule has 0 aliphatic rings. The van der Waals surface area contributed by atoms with Crippen LogP contribution in [0.4, 0.5) is 0 Å². The van der Waals surface area contributed by atoms with Gasteiger partial charge in [0.1, 0.15) is 5.75 Å². The zero-order valence-corrected chi connectivity index (χ0v) is 10.5. The maximum atomic E-state index is 11.5. The molecule has 0 radical (unpaired) electrons. The standard InChI is InChI=1S/C13H18N2O4/c14-11(5-6-12(17)18)13(19)15-8-7-9-1-3-10(16)4-2-9/h1-4,11,16H,5-8,14H2,(H,15,19)(H,17,18)/t11-/m0/s1. The first-order chi connectivity index (χ1) is 8.99. The van der Waals surface area contributed by atoms with Gasteiger partial charge in [0.25, 0.3) is 0 Å². The van der Waals surface area contributed by atoms with Gasteiger partial charge in [-0.3, -0.25) is 9.59 Å². The second kappa shape index (κ2) is 7.38. The fourth-order valence-electron chi connectivity index (χ4n) is 1.53. The Morgan fingerprint density at radius 1 is 1.26 bits per heavy atom. The van der Waals surface area contributed by atoms with E-state index in [0.29, 0.717) is 13.0 Å². The van der Waals surface area contributed by atoms with Crippen LogP contribution in [0.2, 0.25) is 0 Å². The first-order valence-electron chi connectivity index (χ1n) is 6.02. The van der Waals surface area contributed by atoms with Crippen molar-refractivity contribution in [3.8, 4) is 5.75 Å². The van der Waals surface area contributed by atoms with Crippen LogP contribution in [0.25, 0.3) is 0 Å². The van der Waals surface area contributed by atoms with Crippen LogP contribution in [-0.4, -0.2) is 34.7 Å². The molecule has 0 fully saturated rings. The molecule has 1 aromatic rings. The molecular weight excluding hydrogens is 248 g/mol. The Morgan fingerprint density at radius 3 is 2.47 bits per heavy atom. The van der Waals surface area contributed by atoms with Gasteiger partial charge in [0.2, 0.25) is 5.91 Å². The van der Waals surface area contributed by atoms with Crippen LogP contribution in [0.15, 0.2) is 24.3 Å². The van der Waals surface area contributed by atoms with Crippen LogP contribution in [0.3, 0.4) is 0 Å². The van der Waals surface area contributed by atoms with Gasteiger partial charge in [0.15, 0.2) is 0 Å². The number of carboxylic acids is 1. The number of aromatic hydroxyl groups is 1. The van der Waals surface area contributed by atoms with E-state index in [1.807, 2.05) is 0 Å². The van der Waals surface area contributed by atoms with Crippen LogP contribution >= 0.6 is 0 Å². The summed E-state index contributed by atoms with van der Waals surface area (Å²) in [5, 5.41) is 20.2. The zero-order valence-electron chi connectivity index (χ0n) is 10.5. The van der Waals surface area contributed by atoms with Gasteiger partial charge in [-0.2, -0.15) is 0 Å². The van der Waals surface area contributed by atoms with E-state index in [-0.39, 0.29) is 24.5 Å². The Balaban J connectivity index is 2.26. The Morgan fingerprint density at radius 2 is 1.89 bits per heavy atom. The largest absolute Gasteiger partial charge is 0.508 e. The fraction of sp³-hybridized carbons (Fsp3) is 0.385. The van der Waals surface area contributed by atoms with Crippen molar-refractivity contribution in [2.75, 3.05) is 6.54 Å². The number of nitrogens with one attached hydrogen (secondary N) is 1. The van der Waals surface area contributed by atoms with Crippen molar-refractivity contribution in [1.82, 2.24) is 5.32 Å². The van der Waals surface area contributed by atoms with Crippen LogP contribution < -0.4 is 11.1 Å². The number of rotatable bonds is 7. The first-order valence-corrected chi connectivity index (χ1v) is 6.02. The summed E-state index contributed by atoms with van der Waals surface area (Å²) >= 11 is 0. The van der Waals surface area contributed by atoms with Crippen molar-refractivity contribution >= 4 is 11.9 Å². The summed E-state index contributed by atoms with van der Waals surface area (Å²) in [6.45, 7) is 0.421. The molecule has 0 heterocycles. The summed E-state index contributed by atoms with van der Waals surface area (Å²) in [4.78, 5) is 21.9. The minimum atomic E-state index is -0.965. The summed E-state index contributed by atoms with van der Waals surface area (Å²) in [5.74, 6) is -1.11. The number of benzene rings is 1. The second-order valence-corrected chi connectivity index (χ2v) is 4.25. The maximum Gasteiger partial charge on any atom is 0.303 e. The monoisotopic (exact) mass is 266 g/mol. The molecule has 19 heavy (non-hydrogen) atoms. The number of carbonyl (C=O) groups excluding carboxylic acids is 1. The van der Waals surface area contributed by atoms with E-state index in [4.69, 9.17) is 15.9 Å². The average Bonchev–Trinajstić information content (AvgIpc) is 2.38. The summed E-state index contributed by atoms with van der Waals surface area (Å²) < 4.78 is 0. The molecule has 0 saturated heterocycles. The van der Waals surface area contributed by atoms with E-state index in [0.717, 1.165) is 5.56 Å². The lowest BCUT2D eigenvalue weighted by Gasteiger charge is -2.11. The van der Waals surface area contributed by atoms with Crippen LogP contribution in [-0.2, 0) is 16.0 Å². The third kappa shape index (κ3) is 5.87. The Labute approximate surface area is 111 Å². The molecule has 0 aromatic heterocycles. The molecule has 5 N–H and O–H groups in total. The van der Waals surface area contributed by atoms with E-state index in [1.54, 1.807) is 24.3 Å². The summed E-state index contributed by atoms with van der Waals surface area (Å²) in [5.41, 5.74) is 6.54. The quantitative estimate of drug-likeness (QED) is 0.565. The van der Waals surface area contributed by atoms with Crippen molar-refractivity contribution in [3.05, 3.63) is 29.8 Å². The number of hydrogen-bond donors (Lipinski definition) is 4. The predicted octanol–water partition coefficient (Wildman–Crippen LogP) is 0.243. The molecule has 0 saturated carbocycles. The molecule has 1 rings (SSSR count). The Hall–Kier alpha value is -2.08. The molecule has 0 spiro atoms. The normalized spacial score (nSPS) is 11.8. The molecule has 0 bridgehead atoms. The maximum absolute atomic E-state index is 11.5. The van der Waals surface area contributed by atoms with Crippen molar-refractivity contribution < 1.29 is 19.8 Å². The summed E-state index contributed by atoms with van der Waals surface area (Å²) in [6.07, 6.45) is 0.630. The van der Waals surface area contributed by atoms with Crippen LogP contribution in [0, 0.1) is 0 Å². The number of phenols is 1. The zero-order chi connectivity index (χ0) is 14.3. The van der Waals surface area contributed by atoms with E-state index < -0.39 is 12.0 Å². The average molecular weight is 266 g/mol. The molecule has 6 heteroatoms. The number of nitrogens with two attached hydrogens (primary N) is 1. The molecule has 1 atom stereocenters. The minimum absolute atomic E-state index is 0.119. The van der Waals surface area contributed by atoms with Crippen molar-refractivity contribution in [1.29, 1.82) is 0 Å². The number of amides is 1. The topological polar surface area (TPSA) is 113 Å². The summed E-state index contributed by atoms with van der Waals surface area (Å²) in [7, 11) is 0. The number of hydrogen-bond acceptors (Lipinski definition) is 4. The number of aliphatic carboxylic acids is 1. The highest BCUT2D eigenvalue weighted by Gasteiger charge is 2.13.